The third-order valence-electron chi connectivity index (χ3n) is 4.83. The Morgan fingerprint density at radius 2 is 2.04 bits per heavy atom. The summed E-state index contributed by atoms with van der Waals surface area (Å²) >= 11 is 0. The fourth-order valence-electron chi connectivity index (χ4n) is 3.53. The number of urea groups is 1. The summed E-state index contributed by atoms with van der Waals surface area (Å²) in [7, 11) is 0. The molecule has 25 heavy (non-hydrogen) atoms. The molecular formula is C16H18N6O3. The molecular weight excluding hydrogens is 324 g/mol. The monoisotopic (exact) mass is 342 g/mol. The Morgan fingerprint density at radius 1 is 1.24 bits per heavy atom. The quantitative estimate of drug-likeness (QED) is 0.772. The van der Waals surface area contributed by atoms with Gasteiger partial charge in [0, 0.05) is 6.20 Å². The number of nitrogens with one attached hydrogen (secondary N) is 2. The number of pyridine rings is 1. The second-order valence-corrected chi connectivity index (χ2v) is 6.43. The molecule has 2 N–H and O–H groups in total. The number of carbonyl (C=O) groups is 3. The summed E-state index contributed by atoms with van der Waals surface area (Å²) in [6.07, 6.45) is 4.90. The first-order valence-corrected chi connectivity index (χ1v) is 8.28. The van der Waals surface area contributed by atoms with E-state index in [0.29, 0.717) is 24.3 Å². The summed E-state index contributed by atoms with van der Waals surface area (Å²) in [4.78, 5) is 37.8. The van der Waals surface area contributed by atoms with Gasteiger partial charge in [-0.2, -0.15) is 0 Å². The van der Waals surface area contributed by atoms with Crippen LogP contribution in [-0.2, 0) is 16.1 Å². The highest BCUT2D eigenvalue weighted by Gasteiger charge is 2.52. The number of hydrogen-bond acceptors (Lipinski definition) is 5. The Morgan fingerprint density at radius 3 is 2.84 bits per heavy atom. The molecule has 1 aliphatic heterocycles. The third kappa shape index (κ3) is 2.61. The average molecular weight is 342 g/mol. The van der Waals surface area contributed by atoms with Crippen molar-refractivity contribution >= 4 is 23.5 Å². The molecule has 9 heteroatoms. The zero-order valence-corrected chi connectivity index (χ0v) is 13.6. The molecule has 0 radical (unpaired) electrons. The highest BCUT2D eigenvalue weighted by molar-refractivity contribution is 6.09. The number of aromatic nitrogens is 3. The zero-order chi connectivity index (χ0) is 17.4. The molecule has 1 saturated carbocycles. The van der Waals surface area contributed by atoms with E-state index in [0.717, 1.165) is 17.7 Å². The Hall–Kier alpha value is -2.97. The second kappa shape index (κ2) is 5.83. The number of fused-ring (bicyclic) bond motifs is 1. The molecule has 0 atom stereocenters. The van der Waals surface area contributed by atoms with E-state index in [9.17, 15) is 14.4 Å². The van der Waals surface area contributed by atoms with Gasteiger partial charge in [0.1, 0.15) is 12.1 Å². The van der Waals surface area contributed by atoms with Crippen LogP contribution in [0.3, 0.4) is 0 Å². The number of imide groups is 1. The molecule has 4 rings (SSSR count). The molecule has 2 aliphatic rings. The van der Waals surface area contributed by atoms with Gasteiger partial charge in [0.15, 0.2) is 11.5 Å². The molecule has 9 nitrogen and oxygen atoms in total. The standard InChI is InChI=1S/C16H18N6O3/c23-13(17-9-12-20-19-11-5-1-4-8-21(11)12)10-22-14(24)16(18-15(22)25)6-2-3-7-16/h1,4-5,8H,2-3,6-7,9-10H2,(H,17,23)(H,18,25). The molecule has 2 aromatic heterocycles. The topological polar surface area (TPSA) is 109 Å². The van der Waals surface area contributed by atoms with Gasteiger partial charge in [-0.3, -0.25) is 18.9 Å². The van der Waals surface area contributed by atoms with Crippen molar-refractivity contribution in [3.63, 3.8) is 0 Å². The molecule has 130 valence electrons. The fourth-order valence-corrected chi connectivity index (χ4v) is 3.53. The molecule has 3 heterocycles. The number of nitrogens with zero attached hydrogens (tertiary/aromatic N) is 4. The summed E-state index contributed by atoms with van der Waals surface area (Å²) in [5.74, 6) is -0.127. The third-order valence-corrected chi connectivity index (χ3v) is 4.83. The van der Waals surface area contributed by atoms with Gasteiger partial charge in [0.05, 0.1) is 6.54 Å². The van der Waals surface area contributed by atoms with Crippen LogP contribution in [0.1, 0.15) is 31.5 Å². The van der Waals surface area contributed by atoms with E-state index < -0.39 is 17.5 Å². The minimum absolute atomic E-state index is 0.165. The largest absolute Gasteiger partial charge is 0.347 e. The predicted octanol–water partition coefficient (Wildman–Crippen LogP) is 0.210. The second-order valence-electron chi connectivity index (χ2n) is 6.43. The summed E-state index contributed by atoms with van der Waals surface area (Å²) in [6, 6.07) is 5.01. The Balaban J connectivity index is 1.39. The van der Waals surface area contributed by atoms with E-state index in [2.05, 4.69) is 20.8 Å². The van der Waals surface area contributed by atoms with Crippen LogP contribution in [-0.4, -0.2) is 49.4 Å². The van der Waals surface area contributed by atoms with Crippen molar-refractivity contribution < 1.29 is 14.4 Å². The van der Waals surface area contributed by atoms with Crippen LogP contribution in [0.5, 0.6) is 0 Å². The summed E-state index contributed by atoms with van der Waals surface area (Å²) in [6.45, 7) is -0.123. The van der Waals surface area contributed by atoms with Crippen LogP contribution in [0.15, 0.2) is 24.4 Å². The molecule has 4 amide bonds. The van der Waals surface area contributed by atoms with Gasteiger partial charge in [-0.25, -0.2) is 4.79 Å². The maximum atomic E-state index is 12.5. The average Bonchev–Trinajstić information content (AvgIpc) is 3.29. The van der Waals surface area contributed by atoms with Crippen molar-refractivity contribution in [2.45, 2.75) is 37.8 Å². The lowest BCUT2D eigenvalue weighted by molar-refractivity contribution is -0.134. The van der Waals surface area contributed by atoms with Gasteiger partial charge < -0.3 is 10.6 Å². The molecule has 1 aliphatic carbocycles. The molecule has 2 fully saturated rings. The molecule has 1 saturated heterocycles. The Labute approximate surface area is 143 Å². The van der Waals surface area contributed by atoms with Gasteiger partial charge in [-0.05, 0) is 25.0 Å². The fraction of sp³-hybridized carbons (Fsp3) is 0.438. The van der Waals surface area contributed by atoms with Gasteiger partial charge >= 0.3 is 6.03 Å². The van der Waals surface area contributed by atoms with E-state index in [1.54, 1.807) is 10.6 Å². The van der Waals surface area contributed by atoms with E-state index in [1.807, 2.05) is 18.2 Å². The smallest absolute Gasteiger partial charge is 0.325 e. The van der Waals surface area contributed by atoms with Gasteiger partial charge in [-0.1, -0.05) is 18.9 Å². The van der Waals surface area contributed by atoms with Crippen LogP contribution in [0, 0.1) is 0 Å². The van der Waals surface area contributed by atoms with Crippen molar-refractivity contribution in [1.29, 1.82) is 0 Å². The van der Waals surface area contributed by atoms with Crippen LogP contribution >= 0.6 is 0 Å². The lowest BCUT2D eigenvalue weighted by atomic mass is 9.98. The van der Waals surface area contributed by atoms with Gasteiger partial charge in [0.2, 0.25) is 5.91 Å². The maximum Gasteiger partial charge on any atom is 0.325 e. The molecule has 0 aromatic carbocycles. The summed E-state index contributed by atoms with van der Waals surface area (Å²) < 4.78 is 1.77. The first-order chi connectivity index (χ1) is 12.1. The normalized spacial score (nSPS) is 19.0. The summed E-state index contributed by atoms with van der Waals surface area (Å²) in [5.41, 5.74) is -0.107. The molecule has 2 aromatic rings. The minimum Gasteiger partial charge on any atom is -0.347 e. The number of hydrogen-bond donors (Lipinski definition) is 2. The van der Waals surface area contributed by atoms with E-state index >= 15 is 0 Å². The first-order valence-electron chi connectivity index (χ1n) is 8.28. The van der Waals surface area contributed by atoms with Crippen molar-refractivity contribution in [2.24, 2.45) is 0 Å². The summed E-state index contributed by atoms with van der Waals surface area (Å²) in [5, 5.41) is 13.5. The Bertz CT molecular complexity index is 854. The first kappa shape index (κ1) is 15.6. The van der Waals surface area contributed by atoms with Gasteiger partial charge in [0.25, 0.3) is 5.91 Å². The maximum absolute atomic E-state index is 12.5. The van der Waals surface area contributed by atoms with Crippen molar-refractivity contribution in [1.82, 2.24) is 30.1 Å². The van der Waals surface area contributed by atoms with E-state index in [1.165, 1.54) is 0 Å². The van der Waals surface area contributed by atoms with Crippen LogP contribution in [0.4, 0.5) is 4.79 Å². The SMILES string of the molecule is O=C(CN1C(=O)NC2(CCCC2)C1=O)NCc1nnc2ccccn12. The molecule has 0 bridgehead atoms. The lowest BCUT2D eigenvalue weighted by Gasteiger charge is -2.19. The number of amides is 4. The van der Waals surface area contributed by atoms with Crippen LogP contribution in [0.25, 0.3) is 5.65 Å². The molecule has 0 unspecified atom stereocenters. The highest BCUT2D eigenvalue weighted by Crippen LogP contribution is 2.34. The highest BCUT2D eigenvalue weighted by atomic mass is 16.2. The number of rotatable bonds is 4. The van der Waals surface area contributed by atoms with E-state index in [4.69, 9.17) is 0 Å². The lowest BCUT2D eigenvalue weighted by Crippen LogP contribution is -2.45. The number of carbonyl (C=O) groups excluding carboxylic acids is 3. The Kier molecular flexibility index (Phi) is 3.63. The van der Waals surface area contributed by atoms with Crippen LogP contribution < -0.4 is 10.6 Å². The van der Waals surface area contributed by atoms with Crippen molar-refractivity contribution in [2.75, 3.05) is 6.54 Å². The van der Waals surface area contributed by atoms with Crippen molar-refractivity contribution in [3.05, 3.63) is 30.2 Å². The van der Waals surface area contributed by atoms with Crippen molar-refractivity contribution in [3.8, 4) is 0 Å². The van der Waals surface area contributed by atoms with Crippen LogP contribution in [0.2, 0.25) is 0 Å². The predicted molar refractivity (Wildman–Crippen MR) is 86.3 cm³/mol. The zero-order valence-electron chi connectivity index (χ0n) is 13.6. The van der Waals surface area contributed by atoms with E-state index in [-0.39, 0.29) is 19.0 Å². The molecule has 1 spiro atoms. The minimum atomic E-state index is -0.791. The van der Waals surface area contributed by atoms with Gasteiger partial charge in [-0.15, -0.1) is 10.2 Å².